The first kappa shape index (κ1) is 11.1. The minimum absolute atomic E-state index is 0.142. The summed E-state index contributed by atoms with van der Waals surface area (Å²) in [7, 11) is 0. The smallest absolute Gasteiger partial charge is 0.123 e. The Morgan fingerprint density at radius 1 is 1.38 bits per heavy atom. The molecule has 1 heterocycles. The van der Waals surface area contributed by atoms with E-state index in [9.17, 15) is 4.39 Å². The normalized spacial score (nSPS) is 17.6. The summed E-state index contributed by atoms with van der Waals surface area (Å²) in [6.07, 6.45) is 5.35. The Balaban J connectivity index is 2.35. The van der Waals surface area contributed by atoms with E-state index in [0.29, 0.717) is 0 Å². The van der Waals surface area contributed by atoms with Gasteiger partial charge in [0.2, 0.25) is 0 Å². The third-order valence-electron chi connectivity index (χ3n) is 2.88. The molecule has 0 spiro atoms. The lowest BCUT2D eigenvalue weighted by molar-refractivity contribution is 0.621. The first-order chi connectivity index (χ1) is 7.68. The lowest BCUT2D eigenvalue weighted by atomic mass is 10.0. The van der Waals surface area contributed by atoms with Gasteiger partial charge in [0.1, 0.15) is 5.82 Å². The summed E-state index contributed by atoms with van der Waals surface area (Å²) < 4.78 is 13.2. The van der Waals surface area contributed by atoms with E-state index in [-0.39, 0.29) is 11.9 Å². The first-order valence-electron chi connectivity index (χ1n) is 5.63. The van der Waals surface area contributed by atoms with Crippen LogP contribution in [0.25, 0.3) is 0 Å². The third-order valence-corrected chi connectivity index (χ3v) is 2.88. The van der Waals surface area contributed by atoms with Crippen LogP contribution in [0.3, 0.4) is 0 Å². The van der Waals surface area contributed by atoms with E-state index in [2.05, 4.69) is 17.1 Å². The molecular formula is C13H17FN2. The molecule has 0 saturated heterocycles. The van der Waals surface area contributed by atoms with Crippen molar-refractivity contribution in [3.05, 3.63) is 41.7 Å². The maximum Gasteiger partial charge on any atom is 0.123 e. The summed E-state index contributed by atoms with van der Waals surface area (Å²) in [6, 6.07) is 4.72. The number of hydrogen-bond donors (Lipinski definition) is 1. The maximum atomic E-state index is 13.2. The van der Waals surface area contributed by atoms with Crippen molar-refractivity contribution < 1.29 is 4.39 Å². The number of nitrogens with zero attached hydrogens (tertiary/aromatic N) is 1. The Morgan fingerprint density at radius 2 is 2.19 bits per heavy atom. The molecule has 1 atom stereocenters. The molecule has 0 aromatic heterocycles. The second kappa shape index (κ2) is 4.66. The molecule has 0 bridgehead atoms. The molecule has 1 aliphatic rings. The number of halogens is 1. The Kier molecular flexibility index (Phi) is 3.25. The Morgan fingerprint density at radius 3 is 2.81 bits per heavy atom. The van der Waals surface area contributed by atoms with Gasteiger partial charge in [-0.15, -0.1) is 0 Å². The number of hydrogen-bond acceptors (Lipinski definition) is 2. The predicted molar refractivity (Wildman–Crippen MR) is 65.0 cm³/mol. The van der Waals surface area contributed by atoms with Crippen molar-refractivity contribution in [2.75, 3.05) is 18.0 Å². The van der Waals surface area contributed by atoms with Crippen molar-refractivity contribution in [1.29, 1.82) is 0 Å². The highest BCUT2D eigenvalue weighted by molar-refractivity contribution is 5.56. The summed E-state index contributed by atoms with van der Waals surface area (Å²) in [5.41, 5.74) is 7.82. The van der Waals surface area contributed by atoms with Crippen LogP contribution in [0.15, 0.2) is 30.4 Å². The van der Waals surface area contributed by atoms with Crippen LogP contribution in [-0.4, -0.2) is 13.1 Å². The summed E-state index contributed by atoms with van der Waals surface area (Å²) in [5, 5.41) is 0. The molecule has 16 heavy (non-hydrogen) atoms. The van der Waals surface area contributed by atoms with Crippen molar-refractivity contribution in [2.24, 2.45) is 5.73 Å². The van der Waals surface area contributed by atoms with E-state index in [4.69, 9.17) is 5.73 Å². The SMILES string of the molecule is CC(N)c1cc(F)ccc1N1CC=CCC1. The van der Waals surface area contributed by atoms with Gasteiger partial charge < -0.3 is 10.6 Å². The standard InChI is InChI=1S/C13H17FN2/c1-10(15)12-9-11(14)5-6-13(12)16-7-3-2-4-8-16/h2-3,5-6,9-10H,4,7-8,15H2,1H3. The number of benzene rings is 1. The number of rotatable bonds is 2. The molecule has 2 rings (SSSR count). The third kappa shape index (κ3) is 2.25. The maximum absolute atomic E-state index is 13.2. The molecule has 1 aliphatic heterocycles. The van der Waals surface area contributed by atoms with Crippen LogP contribution in [0, 0.1) is 5.82 Å². The fourth-order valence-corrected chi connectivity index (χ4v) is 2.04. The fourth-order valence-electron chi connectivity index (χ4n) is 2.04. The molecule has 2 nitrogen and oxygen atoms in total. The largest absolute Gasteiger partial charge is 0.367 e. The highest BCUT2D eigenvalue weighted by Crippen LogP contribution is 2.27. The molecule has 0 aliphatic carbocycles. The molecule has 0 saturated carbocycles. The average Bonchev–Trinajstić information content (AvgIpc) is 2.30. The minimum Gasteiger partial charge on any atom is -0.367 e. The van der Waals surface area contributed by atoms with Crippen molar-refractivity contribution in [1.82, 2.24) is 0 Å². The zero-order valence-electron chi connectivity index (χ0n) is 9.49. The van der Waals surface area contributed by atoms with Crippen molar-refractivity contribution in [3.8, 4) is 0 Å². The van der Waals surface area contributed by atoms with Gasteiger partial charge in [-0.05, 0) is 37.1 Å². The van der Waals surface area contributed by atoms with Gasteiger partial charge in [-0.1, -0.05) is 12.2 Å². The Bertz CT molecular complexity index is 399. The molecule has 1 aromatic rings. The van der Waals surface area contributed by atoms with Gasteiger partial charge in [-0.3, -0.25) is 0 Å². The van der Waals surface area contributed by atoms with Crippen molar-refractivity contribution in [2.45, 2.75) is 19.4 Å². The van der Waals surface area contributed by atoms with Crippen molar-refractivity contribution in [3.63, 3.8) is 0 Å². The average molecular weight is 220 g/mol. The van der Waals surface area contributed by atoms with Crippen LogP contribution in [0.2, 0.25) is 0 Å². The molecule has 2 N–H and O–H groups in total. The molecule has 0 amide bonds. The predicted octanol–water partition coefficient (Wildman–Crippen LogP) is 2.61. The molecule has 0 radical (unpaired) electrons. The van der Waals surface area contributed by atoms with Crippen LogP contribution in [0.1, 0.15) is 24.9 Å². The van der Waals surface area contributed by atoms with E-state index in [1.165, 1.54) is 6.07 Å². The zero-order valence-corrected chi connectivity index (χ0v) is 9.49. The van der Waals surface area contributed by atoms with Gasteiger partial charge >= 0.3 is 0 Å². The second-order valence-electron chi connectivity index (χ2n) is 4.20. The Labute approximate surface area is 95.6 Å². The number of nitrogens with two attached hydrogens (primary N) is 1. The van der Waals surface area contributed by atoms with Gasteiger partial charge in [0.25, 0.3) is 0 Å². The van der Waals surface area contributed by atoms with Gasteiger partial charge in [0.05, 0.1) is 0 Å². The molecule has 0 fully saturated rings. The van der Waals surface area contributed by atoms with Crippen LogP contribution >= 0.6 is 0 Å². The van der Waals surface area contributed by atoms with Crippen LogP contribution in [0.5, 0.6) is 0 Å². The van der Waals surface area contributed by atoms with E-state index >= 15 is 0 Å². The first-order valence-corrected chi connectivity index (χ1v) is 5.63. The van der Waals surface area contributed by atoms with E-state index in [0.717, 1.165) is 30.8 Å². The quantitative estimate of drug-likeness (QED) is 0.776. The highest BCUT2D eigenvalue weighted by Gasteiger charge is 2.14. The van der Waals surface area contributed by atoms with Crippen LogP contribution in [-0.2, 0) is 0 Å². The van der Waals surface area contributed by atoms with Gasteiger partial charge in [-0.2, -0.15) is 0 Å². The zero-order chi connectivity index (χ0) is 11.5. The lowest BCUT2D eigenvalue weighted by Gasteiger charge is -2.28. The molecule has 86 valence electrons. The second-order valence-corrected chi connectivity index (χ2v) is 4.20. The van der Waals surface area contributed by atoms with Gasteiger partial charge in [0.15, 0.2) is 0 Å². The number of anilines is 1. The Hall–Kier alpha value is -1.35. The minimum atomic E-state index is -0.219. The van der Waals surface area contributed by atoms with Gasteiger partial charge in [-0.25, -0.2) is 4.39 Å². The van der Waals surface area contributed by atoms with Crippen molar-refractivity contribution >= 4 is 5.69 Å². The van der Waals surface area contributed by atoms with E-state index < -0.39 is 0 Å². The summed E-state index contributed by atoms with van der Waals surface area (Å²) in [5.74, 6) is -0.219. The fraction of sp³-hybridized carbons (Fsp3) is 0.385. The van der Waals surface area contributed by atoms with Crippen LogP contribution < -0.4 is 10.6 Å². The van der Waals surface area contributed by atoms with Gasteiger partial charge in [0, 0.05) is 24.8 Å². The molecular weight excluding hydrogens is 203 g/mol. The summed E-state index contributed by atoms with van der Waals surface area (Å²) in [6.45, 7) is 3.74. The highest BCUT2D eigenvalue weighted by atomic mass is 19.1. The molecule has 3 heteroatoms. The van der Waals surface area contributed by atoms with Crippen LogP contribution in [0.4, 0.5) is 10.1 Å². The summed E-state index contributed by atoms with van der Waals surface area (Å²) in [4.78, 5) is 2.23. The lowest BCUT2D eigenvalue weighted by Crippen LogP contribution is -2.28. The van der Waals surface area contributed by atoms with E-state index in [1.54, 1.807) is 6.07 Å². The van der Waals surface area contributed by atoms with E-state index in [1.807, 2.05) is 13.0 Å². The molecule has 1 aromatic carbocycles. The topological polar surface area (TPSA) is 29.3 Å². The molecule has 1 unspecified atom stereocenters. The monoisotopic (exact) mass is 220 g/mol. The summed E-state index contributed by atoms with van der Waals surface area (Å²) >= 11 is 0.